The van der Waals surface area contributed by atoms with Gasteiger partial charge < -0.3 is 10.2 Å². The van der Waals surface area contributed by atoms with Gasteiger partial charge in [-0.2, -0.15) is 0 Å². The first-order chi connectivity index (χ1) is 9.45. The summed E-state index contributed by atoms with van der Waals surface area (Å²) in [5.74, 6) is 0.378. The number of carbonyl (C=O) groups is 2. The fraction of sp³-hybridized carbons (Fsp3) is 0.500. The highest BCUT2D eigenvalue weighted by Crippen LogP contribution is 2.34. The molecule has 4 heteroatoms. The van der Waals surface area contributed by atoms with E-state index < -0.39 is 0 Å². The summed E-state index contributed by atoms with van der Waals surface area (Å²) >= 11 is 0. The van der Waals surface area contributed by atoms with Crippen LogP contribution in [0.5, 0.6) is 0 Å². The molecule has 1 aliphatic heterocycles. The third-order valence-electron chi connectivity index (χ3n) is 4.05. The Balaban J connectivity index is 2.41. The molecule has 2 amide bonds. The van der Waals surface area contributed by atoms with Crippen molar-refractivity contribution in [3.05, 3.63) is 29.3 Å². The number of hydrogen-bond donors (Lipinski definition) is 1. The Hall–Kier alpha value is -1.84. The minimum Gasteiger partial charge on any atom is -0.352 e. The second kappa shape index (κ2) is 5.65. The monoisotopic (exact) mass is 274 g/mol. The van der Waals surface area contributed by atoms with E-state index in [0.29, 0.717) is 18.0 Å². The van der Waals surface area contributed by atoms with E-state index in [1.165, 1.54) is 0 Å². The van der Waals surface area contributed by atoms with Gasteiger partial charge >= 0.3 is 0 Å². The van der Waals surface area contributed by atoms with Crippen LogP contribution >= 0.6 is 0 Å². The summed E-state index contributed by atoms with van der Waals surface area (Å²) in [6, 6.07) is 5.79. The van der Waals surface area contributed by atoms with E-state index in [4.69, 9.17) is 0 Å². The second-order valence-electron chi connectivity index (χ2n) is 5.51. The third kappa shape index (κ3) is 2.55. The normalized spacial score (nSPS) is 21.3. The molecule has 4 nitrogen and oxygen atoms in total. The Morgan fingerprint density at radius 3 is 2.65 bits per heavy atom. The van der Waals surface area contributed by atoms with E-state index >= 15 is 0 Å². The Kier molecular flexibility index (Phi) is 4.12. The topological polar surface area (TPSA) is 49.4 Å². The molecular formula is C16H22N2O2. The number of amides is 2. The van der Waals surface area contributed by atoms with Crippen LogP contribution in [-0.2, 0) is 11.2 Å². The van der Waals surface area contributed by atoms with Crippen molar-refractivity contribution in [1.29, 1.82) is 0 Å². The quantitative estimate of drug-likeness (QED) is 0.900. The van der Waals surface area contributed by atoms with Crippen LogP contribution in [0, 0.1) is 5.92 Å². The molecule has 0 spiro atoms. The predicted octanol–water partition coefficient (Wildman–Crippen LogP) is 2.37. The minimum atomic E-state index is -0.0593. The Morgan fingerprint density at radius 1 is 1.35 bits per heavy atom. The number of benzene rings is 1. The van der Waals surface area contributed by atoms with Crippen LogP contribution in [-0.4, -0.2) is 24.4 Å². The summed E-state index contributed by atoms with van der Waals surface area (Å²) in [6.45, 7) is 8.32. The van der Waals surface area contributed by atoms with Gasteiger partial charge in [0.15, 0.2) is 0 Å². The molecule has 1 aliphatic rings. The molecule has 1 aromatic carbocycles. The molecule has 20 heavy (non-hydrogen) atoms. The van der Waals surface area contributed by atoms with Gasteiger partial charge in [-0.15, -0.1) is 0 Å². The molecule has 1 heterocycles. The molecule has 0 fully saturated rings. The van der Waals surface area contributed by atoms with Crippen molar-refractivity contribution in [3.8, 4) is 0 Å². The zero-order valence-electron chi connectivity index (χ0n) is 12.6. The van der Waals surface area contributed by atoms with Gasteiger partial charge in [0, 0.05) is 30.8 Å². The summed E-state index contributed by atoms with van der Waals surface area (Å²) in [7, 11) is 0. The summed E-state index contributed by atoms with van der Waals surface area (Å²) in [5.41, 5.74) is 2.68. The predicted molar refractivity (Wildman–Crippen MR) is 79.9 cm³/mol. The van der Waals surface area contributed by atoms with Crippen LogP contribution in [0.2, 0.25) is 0 Å². The molecule has 0 radical (unpaired) electrons. The molecule has 2 rings (SSSR count). The number of rotatable bonds is 2. The van der Waals surface area contributed by atoms with Crippen molar-refractivity contribution in [2.45, 2.75) is 40.2 Å². The average Bonchev–Trinajstić information content (AvgIpc) is 2.39. The third-order valence-corrected chi connectivity index (χ3v) is 4.05. The molecular weight excluding hydrogens is 252 g/mol. The van der Waals surface area contributed by atoms with E-state index in [0.717, 1.165) is 17.7 Å². The van der Waals surface area contributed by atoms with Crippen LogP contribution in [0.1, 0.15) is 43.6 Å². The SMILES string of the molecule is CCNC(=O)c1ccc2c(c1)CC(C)[C@H](C)N2C(C)=O. The zero-order valence-corrected chi connectivity index (χ0v) is 12.6. The first-order valence-corrected chi connectivity index (χ1v) is 7.16. The van der Waals surface area contributed by atoms with Crippen molar-refractivity contribution < 1.29 is 9.59 Å². The lowest BCUT2D eigenvalue weighted by Crippen LogP contribution is -2.45. The summed E-state index contributed by atoms with van der Waals surface area (Å²) < 4.78 is 0. The average molecular weight is 274 g/mol. The maximum atomic E-state index is 11.9. The lowest BCUT2D eigenvalue weighted by atomic mass is 9.87. The first kappa shape index (κ1) is 14.6. The van der Waals surface area contributed by atoms with Crippen LogP contribution in [0.25, 0.3) is 0 Å². The molecule has 0 saturated heterocycles. The van der Waals surface area contributed by atoms with E-state index in [2.05, 4.69) is 19.2 Å². The zero-order chi connectivity index (χ0) is 14.9. The molecule has 0 bridgehead atoms. The van der Waals surface area contributed by atoms with Gasteiger partial charge in [0.05, 0.1) is 0 Å². The van der Waals surface area contributed by atoms with Crippen molar-refractivity contribution in [1.82, 2.24) is 5.32 Å². The van der Waals surface area contributed by atoms with Crippen LogP contribution < -0.4 is 10.2 Å². The Labute approximate surface area is 120 Å². The lowest BCUT2D eigenvalue weighted by molar-refractivity contribution is -0.117. The molecule has 2 atom stereocenters. The van der Waals surface area contributed by atoms with E-state index in [1.807, 2.05) is 24.0 Å². The van der Waals surface area contributed by atoms with E-state index in [-0.39, 0.29) is 17.9 Å². The Bertz CT molecular complexity index is 539. The van der Waals surface area contributed by atoms with Gasteiger partial charge in [-0.05, 0) is 49.9 Å². The number of nitrogens with one attached hydrogen (secondary N) is 1. The van der Waals surface area contributed by atoms with E-state index in [1.54, 1.807) is 13.0 Å². The van der Waals surface area contributed by atoms with Gasteiger partial charge in [-0.25, -0.2) is 0 Å². The summed E-state index contributed by atoms with van der Waals surface area (Å²) in [5, 5.41) is 2.80. The van der Waals surface area contributed by atoms with Gasteiger partial charge in [0.25, 0.3) is 5.91 Å². The molecule has 0 aromatic heterocycles. The maximum Gasteiger partial charge on any atom is 0.251 e. The fourth-order valence-electron chi connectivity index (χ4n) is 2.84. The summed E-state index contributed by atoms with van der Waals surface area (Å²) in [4.78, 5) is 25.6. The van der Waals surface area contributed by atoms with Gasteiger partial charge in [-0.3, -0.25) is 9.59 Å². The fourth-order valence-corrected chi connectivity index (χ4v) is 2.84. The number of anilines is 1. The number of hydrogen-bond acceptors (Lipinski definition) is 2. The van der Waals surface area contributed by atoms with Crippen molar-refractivity contribution >= 4 is 17.5 Å². The Morgan fingerprint density at radius 2 is 2.05 bits per heavy atom. The van der Waals surface area contributed by atoms with Crippen molar-refractivity contribution in [2.24, 2.45) is 5.92 Å². The second-order valence-corrected chi connectivity index (χ2v) is 5.51. The molecule has 1 unspecified atom stereocenters. The van der Waals surface area contributed by atoms with Gasteiger partial charge in [0.2, 0.25) is 5.91 Å². The molecule has 1 N–H and O–H groups in total. The summed E-state index contributed by atoms with van der Waals surface area (Å²) in [6.07, 6.45) is 0.896. The van der Waals surface area contributed by atoms with Gasteiger partial charge in [-0.1, -0.05) is 6.92 Å². The van der Waals surface area contributed by atoms with Crippen LogP contribution in [0.4, 0.5) is 5.69 Å². The first-order valence-electron chi connectivity index (χ1n) is 7.16. The van der Waals surface area contributed by atoms with Crippen molar-refractivity contribution in [3.63, 3.8) is 0 Å². The maximum absolute atomic E-state index is 11.9. The van der Waals surface area contributed by atoms with Crippen LogP contribution in [0.3, 0.4) is 0 Å². The largest absolute Gasteiger partial charge is 0.352 e. The number of fused-ring (bicyclic) bond motifs is 1. The molecule has 108 valence electrons. The highest BCUT2D eigenvalue weighted by Gasteiger charge is 2.31. The smallest absolute Gasteiger partial charge is 0.251 e. The highest BCUT2D eigenvalue weighted by molar-refractivity contribution is 5.97. The minimum absolute atomic E-state index is 0.0519. The molecule has 0 saturated carbocycles. The lowest BCUT2D eigenvalue weighted by Gasteiger charge is -2.39. The number of carbonyl (C=O) groups excluding carboxylic acids is 2. The van der Waals surface area contributed by atoms with Gasteiger partial charge in [0.1, 0.15) is 0 Å². The van der Waals surface area contributed by atoms with Crippen LogP contribution in [0.15, 0.2) is 18.2 Å². The number of nitrogens with zero attached hydrogens (tertiary/aromatic N) is 1. The van der Waals surface area contributed by atoms with E-state index in [9.17, 15) is 9.59 Å². The molecule has 0 aliphatic carbocycles. The highest BCUT2D eigenvalue weighted by atomic mass is 16.2. The van der Waals surface area contributed by atoms with Crippen molar-refractivity contribution in [2.75, 3.05) is 11.4 Å². The standard InChI is InChI=1S/C16H22N2O2/c1-5-17-16(20)13-6-7-15-14(9-13)8-10(2)11(3)18(15)12(4)19/h6-7,9-11H,5,8H2,1-4H3,(H,17,20)/t10?,11-/m0/s1. The molecule has 1 aromatic rings.